The van der Waals surface area contributed by atoms with Crippen LogP contribution in [0.1, 0.15) is 18.4 Å². The second kappa shape index (κ2) is 9.47. The van der Waals surface area contributed by atoms with Gasteiger partial charge in [-0.2, -0.15) is 13.2 Å². The Morgan fingerprint density at radius 2 is 1.93 bits per heavy atom. The highest BCUT2D eigenvalue weighted by Crippen LogP contribution is 2.33. The first-order valence-electron chi connectivity index (χ1n) is 9.40. The number of alkyl halides is 3. The highest BCUT2D eigenvalue weighted by atomic mass is 19.4. The number of nitrogens with zero attached hydrogens (tertiary/aromatic N) is 2. The van der Waals surface area contributed by atoms with Crippen LogP contribution in [0.5, 0.6) is 5.75 Å². The number of ether oxygens (including phenoxy) is 1. The summed E-state index contributed by atoms with van der Waals surface area (Å²) in [6.07, 6.45) is -1.87. The third kappa shape index (κ3) is 5.62. The fraction of sp³-hybridized carbons (Fsp3) is 0.350. The van der Waals surface area contributed by atoms with Crippen LogP contribution in [-0.2, 0) is 15.8 Å². The predicted molar refractivity (Wildman–Crippen MR) is 104 cm³/mol. The third-order valence-electron chi connectivity index (χ3n) is 4.44. The molecule has 1 saturated heterocycles. The zero-order valence-corrected chi connectivity index (χ0v) is 16.0. The number of rotatable bonds is 8. The minimum Gasteiger partial charge on any atom is -0.484 e. The number of pyridine rings is 1. The first kappa shape index (κ1) is 21.4. The van der Waals surface area contributed by atoms with Gasteiger partial charge in [-0.3, -0.25) is 9.59 Å². The lowest BCUT2D eigenvalue weighted by molar-refractivity contribution is -0.137. The molecule has 7 nitrogen and oxygen atoms in total. The number of hydrogen-bond donors (Lipinski definition) is 2. The van der Waals surface area contributed by atoms with Crippen molar-refractivity contribution in [2.24, 2.45) is 0 Å². The van der Waals surface area contributed by atoms with E-state index >= 15 is 0 Å². The van der Waals surface area contributed by atoms with Gasteiger partial charge in [0.1, 0.15) is 11.6 Å². The topological polar surface area (TPSA) is 83.6 Å². The van der Waals surface area contributed by atoms with E-state index in [1.165, 1.54) is 12.3 Å². The second-order valence-corrected chi connectivity index (χ2v) is 6.61. The molecule has 0 atom stereocenters. The van der Waals surface area contributed by atoms with E-state index in [0.29, 0.717) is 18.7 Å². The van der Waals surface area contributed by atoms with Crippen molar-refractivity contribution in [3.8, 4) is 5.75 Å². The number of hydrogen-bond acceptors (Lipinski definition) is 5. The van der Waals surface area contributed by atoms with Crippen LogP contribution < -0.4 is 20.3 Å². The molecule has 1 aromatic heterocycles. The number of anilines is 2. The maximum Gasteiger partial charge on any atom is 0.419 e. The summed E-state index contributed by atoms with van der Waals surface area (Å²) in [6.45, 7) is 0.633. The molecule has 2 amide bonds. The Kier molecular flexibility index (Phi) is 6.76. The molecule has 2 heterocycles. The Labute approximate surface area is 171 Å². The number of carbonyl (C=O) groups is 2. The standard InChI is InChI=1S/C20H21F3N4O3/c21-20(22,23)16-3-1-9-25-19(16)26-11-10-24-17(28)13-30-15-7-5-14(6-8-15)27-12-2-4-18(27)29/h1,3,5-9H,2,4,10-13H2,(H,24,28)(H,25,26). The fourth-order valence-electron chi connectivity index (χ4n) is 3.00. The Morgan fingerprint density at radius 3 is 2.60 bits per heavy atom. The van der Waals surface area contributed by atoms with E-state index in [-0.39, 0.29) is 31.4 Å². The molecule has 1 fully saturated rings. The van der Waals surface area contributed by atoms with Crippen molar-refractivity contribution in [2.75, 3.05) is 36.5 Å². The molecule has 0 saturated carbocycles. The normalized spacial score (nSPS) is 14.0. The number of carbonyl (C=O) groups excluding carboxylic acids is 2. The third-order valence-corrected chi connectivity index (χ3v) is 4.44. The van der Waals surface area contributed by atoms with E-state index < -0.39 is 17.6 Å². The summed E-state index contributed by atoms with van der Waals surface area (Å²) in [5.74, 6) is -0.133. The van der Waals surface area contributed by atoms with Crippen LogP contribution in [0.2, 0.25) is 0 Å². The maximum absolute atomic E-state index is 12.9. The first-order valence-corrected chi connectivity index (χ1v) is 9.40. The van der Waals surface area contributed by atoms with Gasteiger partial charge < -0.3 is 20.3 Å². The molecule has 10 heteroatoms. The molecule has 3 rings (SSSR count). The van der Waals surface area contributed by atoms with Gasteiger partial charge in [-0.15, -0.1) is 0 Å². The van der Waals surface area contributed by atoms with Crippen LogP contribution >= 0.6 is 0 Å². The molecule has 0 spiro atoms. The lowest BCUT2D eigenvalue weighted by Gasteiger charge is -2.16. The van der Waals surface area contributed by atoms with Crippen molar-refractivity contribution >= 4 is 23.3 Å². The van der Waals surface area contributed by atoms with Crippen LogP contribution in [0.15, 0.2) is 42.6 Å². The Hall–Kier alpha value is -3.30. The Bertz CT molecular complexity index is 888. The summed E-state index contributed by atoms with van der Waals surface area (Å²) < 4.78 is 44.1. The molecule has 0 unspecified atom stereocenters. The lowest BCUT2D eigenvalue weighted by atomic mass is 10.2. The lowest BCUT2D eigenvalue weighted by Crippen LogP contribution is -2.33. The van der Waals surface area contributed by atoms with Crippen molar-refractivity contribution in [1.29, 1.82) is 0 Å². The highest BCUT2D eigenvalue weighted by Gasteiger charge is 2.33. The minimum absolute atomic E-state index is 0.0738. The highest BCUT2D eigenvalue weighted by molar-refractivity contribution is 5.95. The molecule has 160 valence electrons. The summed E-state index contributed by atoms with van der Waals surface area (Å²) in [6, 6.07) is 9.01. The largest absolute Gasteiger partial charge is 0.484 e. The van der Waals surface area contributed by atoms with Gasteiger partial charge in [0, 0.05) is 37.9 Å². The van der Waals surface area contributed by atoms with Crippen molar-refractivity contribution < 1.29 is 27.5 Å². The van der Waals surface area contributed by atoms with E-state index in [9.17, 15) is 22.8 Å². The number of halogens is 3. The summed E-state index contributed by atoms with van der Waals surface area (Å²) >= 11 is 0. The molecule has 2 aromatic rings. The van der Waals surface area contributed by atoms with E-state index in [2.05, 4.69) is 15.6 Å². The zero-order valence-electron chi connectivity index (χ0n) is 16.0. The summed E-state index contributed by atoms with van der Waals surface area (Å²) in [7, 11) is 0. The molecular weight excluding hydrogens is 401 g/mol. The molecular formula is C20H21F3N4O3. The molecule has 1 aromatic carbocycles. The molecule has 2 N–H and O–H groups in total. The molecule has 0 aliphatic carbocycles. The van der Waals surface area contributed by atoms with E-state index in [1.807, 2.05) is 0 Å². The summed E-state index contributed by atoms with van der Waals surface area (Å²) in [5, 5.41) is 5.12. The van der Waals surface area contributed by atoms with Crippen molar-refractivity contribution in [3.05, 3.63) is 48.2 Å². The number of amides is 2. The van der Waals surface area contributed by atoms with Crippen molar-refractivity contribution in [2.45, 2.75) is 19.0 Å². The number of aromatic nitrogens is 1. The quantitative estimate of drug-likeness (QED) is 0.640. The smallest absolute Gasteiger partial charge is 0.419 e. The average Bonchev–Trinajstić information content (AvgIpc) is 3.15. The van der Waals surface area contributed by atoms with Gasteiger partial charge >= 0.3 is 6.18 Å². The SMILES string of the molecule is O=C(COc1ccc(N2CCCC2=O)cc1)NCCNc1ncccc1C(F)(F)F. The second-order valence-electron chi connectivity index (χ2n) is 6.61. The average molecular weight is 422 g/mol. The van der Waals surface area contributed by atoms with Crippen molar-refractivity contribution in [1.82, 2.24) is 10.3 Å². The monoisotopic (exact) mass is 422 g/mol. The first-order chi connectivity index (χ1) is 14.3. The number of nitrogens with one attached hydrogen (secondary N) is 2. The van der Waals surface area contributed by atoms with Gasteiger partial charge in [-0.1, -0.05) is 0 Å². The molecule has 30 heavy (non-hydrogen) atoms. The van der Waals surface area contributed by atoms with Gasteiger partial charge in [0.25, 0.3) is 5.91 Å². The Morgan fingerprint density at radius 1 is 1.17 bits per heavy atom. The van der Waals surface area contributed by atoms with E-state index in [0.717, 1.165) is 18.2 Å². The van der Waals surface area contributed by atoms with Crippen LogP contribution in [0.25, 0.3) is 0 Å². The zero-order chi connectivity index (χ0) is 21.6. The van der Waals surface area contributed by atoms with Gasteiger partial charge in [0.05, 0.1) is 5.56 Å². The van der Waals surface area contributed by atoms with Gasteiger partial charge in [0.2, 0.25) is 5.91 Å². The van der Waals surface area contributed by atoms with Crippen LogP contribution in [0.3, 0.4) is 0 Å². The van der Waals surface area contributed by atoms with Crippen LogP contribution in [0, 0.1) is 0 Å². The number of benzene rings is 1. The van der Waals surface area contributed by atoms with E-state index in [4.69, 9.17) is 4.74 Å². The molecule has 0 bridgehead atoms. The molecule has 1 aliphatic rings. The van der Waals surface area contributed by atoms with Crippen LogP contribution in [0.4, 0.5) is 24.7 Å². The predicted octanol–water partition coefficient (Wildman–Crippen LogP) is 2.83. The van der Waals surface area contributed by atoms with Gasteiger partial charge in [0.15, 0.2) is 6.61 Å². The van der Waals surface area contributed by atoms with Gasteiger partial charge in [-0.25, -0.2) is 4.98 Å². The summed E-state index contributed by atoms with van der Waals surface area (Å²) in [5.41, 5.74) is -0.0770. The fourth-order valence-corrected chi connectivity index (χ4v) is 3.00. The van der Waals surface area contributed by atoms with Crippen LogP contribution in [-0.4, -0.2) is 43.0 Å². The minimum atomic E-state index is -4.51. The van der Waals surface area contributed by atoms with Crippen molar-refractivity contribution in [3.63, 3.8) is 0 Å². The van der Waals surface area contributed by atoms with E-state index in [1.54, 1.807) is 29.2 Å². The Balaban J connectivity index is 1.39. The molecule has 1 aliphatic heterocycles. The maximum atomic E-state index is 12.9. The van der Waals surface area contributed by atoms with Gasteiger partial charge in [-0.05, 0) is 42.8 Å². The summed E-state index contributed by atoms with van der Waals surface area (Å²) in [4.78, 5) is 29.0. The molecule has 0 radical (unpaired) electrons.